The fraction of sp³-hybridized carbons (Fsp3) is 0.583. The normalized spacial score (nSPS) is 16.8. The van der Waals surface area contributed by atoms with Crippen LogP contribution < -0.4 is 15.1 Å². The Hall–Kier alpha value is -1.55. The number of hydrogen-bond donors (Lipinski definition) is 1. The molecule has 2 aliphatic rings. The minimum Gasteiger partial charge on any atom is -0.372 e. The molecule has 32 heavy (non-hydrogen) atoms. The molecule has 0 aliphatic carbocycles. The third-order valence-electron chi connectivity index (χ3n) is 6.23. The van der Waals surface area contributed by atoms with E-state index < -0.39 is 0 Å². The molecule has 2 fully saturated rings. The summed E-state index contributed by atoms with van der Waals surface area (Å²) in [4.78, 5) is 16.4. The molecular formula is C24H37IN6S. The van der Waals surface area contributed by atoms with E-state index in [-0.39, 0.29) is 24.0 Å². The van der Waals surface area contributed by atoms with E-state index in [9.17, 15) is 0 Å². The number of halogens is 1. The Kier molecular flexibility index (Phi) is 9.90. The van der Waals surface area contributed by atoms with Gasteiger partial charge in [0.2, 0.25) is 0 Å². The monoisotopic (exact) mass is 568 g/mol. The number of thiazole rings is 1. The Bertz CT molecular complexity index is 840. The van der Waals surface area contributed by atoms with E-state index in [1.54, 1.807) is 11.3 Å². The largest absolute Gasteiger partial charge is 0.372 e. The molecule has 0 radical (unpaired) electrons. The first-order chi connectivity index (χ1) is 15.2. The Balaban J connectivity index is 0.00000289. The van der Waals surface area contributed by atoms with Crippen LogP contribution in [-0.2, 0) is 13.0 Å². The molecule has 0 atom stereocenters. The first kappa shape index (κ1) is 25.1. The second-order valence-electron chi connectivity index (χ2n) is 8.61. The van der Waals surface area contributed by atoms with E-state index in [1.165, 1.54) is 67.3 Å². The van der Waals surface area contributed by atoms with Gasteiger partial charge in [-0.15, -0.1) is 35.3 Å². The number of benzene rings is 1. The molecule has 0 unspecified atom stereocenters. The van der Waals surface area contributed by atoms with Crippen molar-refractivity contribution < 1.29 is 0 Å². The molecule has 176 valence electrons. The average Bonchev–Trinajstić information content (AvgIpc) is 3.50. The number of anilines is 2. The average molecular weight is 569 g/mol. The van der Waals surface area contributed by atoms with Gasteiger partial charge in [-0.1, -0.05) is 12.1 Å². The summed E-state index contributed by atoms with van der Waals surface area (Å²) in [6.07, 6.45) is 7.50. The number of hydrogen-bond acceptors (Lipinski definition) is 5. The van der Waals surface area contributed by atoms with Crippen LogP contribution in [0.25, 0.3) is 0 Å². The van der Waals surface area contributed by atoms with E-state index in [1.807, 2.05) is 7.05 Å². The van der Waals surface area contributed by atoms with Crippen LogP contribution in [0.1, 0.15) is 43.4 Å². The lowest BCUT2D eigenvalue weighted by molar-refractivity contribution is 0.477. The van der Waals surface area contributed by atoms with Crippen LogP contribution in [-0.4, -0.2) is 62.7 Å². The first-order valence-electron chi connectivity index (χ1n) is 11.7. The third-order valence-corrected chi connectivity index (χ3v) is 7.18. The van der Waals surface area contributed by atoms with Crippen LogP contribution >= 0.6 is 35.3 Å². The van der Waals surface area contributed by atoms with Crippen molar-refractivity contribution in [2.45, 2.75) is 45.1 Å². The van der Waals surface area contributed by atoms with Gasteiger partial charge in [0.25, 0.3) is 0 Å². The molecular weight excluding hydrogens is 531 g/mol. The van der Waals surface area contributed by atoms with E-state index in [4.69, 9.17) is 4.98 Å². The molecule has 0 bridgehead atoms. The third kappa shape index (κ3) is 6.73. The molecule has 2 aliphatic heterocycles. The van der Waals surface area contributed by atoms with Crippen molar-refractivity contribution in [1.29, 1.82) is 0 Å². The van der Waals surface area contributed by atoms with E-state index in [0.29, 0.717) is 0 Å². The lowest BCUT2D eigenvalue weighted by Gasteiger charge is -2.29. The molecule has 2 saturated heterocycles. The lowest BCUT2D eigenvalue weighted by Crippen LogP contribution is -2.39. The molecule has 0 spiro atoms. The highest BCUT2D eigenvalue weighted by Gasteiger charge is 2.16. The lowest BCUT2D eigenvalue weighted by atomic mass is 10.1. The van der Waals surface area contributed by atoms with Crippen molar-refractivity contribution in [1.82, 2.24) is 15.2 Å². The second-order valence-corrected chi connectivity index (χ2v) is 9.45. The molecule has 0 saturated carbocycles. The van der Waals surface area contributed by atoms with Gasteiger partial charge in [0, 0.05) is 70.9 Å². The fourth-order valence-electron chi connectivity index (χ4n) is 4.46. The minimum atomic E-state index is 0. The van der Waals surface area contributed by atoms with Crippen molar-refractivity contribution in [2.24, 2.45) is 4.99 Å². The van der Waals surface area contributed by atoms with Crippen LogP contribution in [0.3, 0.4) is 0 Å². The maximum Gasteiger partial charge on any atom is 0.193 e. The maximum absolute atomic E-state index is 4.82. The zero-order chi connectivity index (χ0) is 21.5. The minimum absolute atomic E-state index is 0. The van der Waals surface area contributed by atoms with Crippen molar-refractivity contribution in [3.05, 3.63) is 40.9 Å². The van der Waals surface area contributed by atoms with Crippen molar-refractivity contribution in [2.75, 3.05) is 56.6 Å². The van der Waals surface area contributed by atoms with E-state index in [0.717, 1.165) is 38.6 Å². The summed E-state index contributed by atoms with van der Waals surface area (Å²) in [7, 11) is 3.95. The smallest absolute Gasteiger partial charge is 0.193 e. The van der Waals surface area contributed by atoms with Crippen LogP contribution in [0.15, 0.2) is 34.6 Å². The van der Waals surface area contributed by atoms with Gasteiger partial charge in [-0.05, 0) is 49.8 Å². The van der Waals surface area contributed by atoms with Gasteiger partial charge in [-0.25, -0.2) is 4.98 Å². The summed E-state index contributed by atoms with van der Waals surface area (Å²) < 4.78 is 0. The molecule has 2 aromatic rings. The van der Waals surface area contributed by atoms with Crippen LogP contribution in [0.5, 0.6) is 0 Å². The SMILES string of the molecule is CN=C(NCCc1csc(N2CCCC2)n1)N(C)Cc1ccc(N2CCCCC2)cc1.I. The summed E-state index contributed by atoms with van der Waals surface area (Å²) in [5.41, 5.74) is 3.83. The molecule has 6 nitrogen and oxygen atoms in total. The molecule has 3 heterocycles. The number of nitrogens with one attached hydrogen (secondary N) is 1. The summed E-state index contributed by atoms with van der Waals surface area (Å²) in [5.74, 6) is 0.926. The van der Waals surface area contributed by atoms with Gasteiger partial charge in [0.15, 0.2) is 11.1 Å². The number of aromatic nitrogens is 1. The highest BCUT2D eigenvalue weighted by atomic mass is 127. The second kappa shape index (κ2) is 12.6. The molecule has 1 aromatic heterocycles. The Labute approximate surface area is 214 Å². The van der Waals surface area contributed by atoms with E-state index in [2.05, 4.69) is 61.7 Å². The Morgan fingerprint density at radius 2 is 1.69 bits per heavy atom. The van der Waals surface area contributed by atoms with Crippen LogP contribution in [0, 0.1) is 0 Å². The number of aliphatic imine (C=N–C) groups is 1. The highest BCUT2D eigenvalue weighted by Crippen LogP contribution is 2.24. The molecule has 4 rings (SSSR count). The zero-order valence-corrected chi connectivity index (χ0v) is 22.6. The highest BCUT2D eigenvalue weighted by molar-refractivity contribution is 14.0. The van der Waals surface area contributed by atoms with Crippen molar-refractivity contribution in [3.8, 4) is 0 Å². The summed E-state index contributed by atoms with van der Waals surface area (Å²) in [6, 6.07) is 9.04. The predicted octanol–water partition coefficient (Wildman–Crippen LogP) is 4.60. The number of rotatable bonds is 7. The maximum atomic E-state index is 4.82. The van der Waals surface area contributed by atoms with Gasteiger partial charge in [0.1, 0.15) is 0 Å². The Morgan fingerprint density at radius 3 is 2.38 bits per heavy atom. The van der Waals surface area contributed by atoms with Crippen molar-refractivity contribution in [3.63, 3.8) is 0 Å². The number of guanidine groups is 1. The van der Waals surface area contributed by atoms with Crippen LogP contribution in [0.2, 0.25) is 0 Å². The zero-order valence-electron chi connectivity index (χ0n) is 19.4. The van der Waals surface area contributed by atoms with Gasteiger partial charge in [0.05, 0.1) is 5.69 Å². The standard InChI is InChI=1S/C24H36N6S.HI/c1-25-23(26-13-12-21-19-31-24(27-21)30-16-6-7-17-30)28(2)18-20-8-10-22(11-9-20)29-14-4-3-5-15-29;/h8-11,19H,3-7,12-18H2,1-2H3,(H,25,26);1H. The summed E-state index contributed by atoms with van der Waals surface area (Å²) in [5, 5.41) is 6.88. The van der Waals surface area contributed by atoms with Gasteiger partial charge >= 0.3 is 0 Å². The van der Waals surface area contributed by atoms with Gasteiger partial charge in [-0.2, -0.15) is 0 Å². The van der Waals surface area contributed by atoms with E-state index >= 15 is 0 Å². The van der Waals surface area contributed by atoms with Crippen molar-refractivity contribution >= 4 is 52.1 Å². The quantitative estimate of drug-likeness (QED) is 0.301. The van der Waals surface area contributed by atoms with Gasteiger partial charge < -0.3 is 20.0 Å². The topological polar surface area (TPSA) is 47.0 Å². The van der Waals surface area contributed by atoms with Gasteiger partial charge in [-0.3, -0.25) is 4.99 Å². The number of piperidine rings is 1. The fourth-order valence-corrected chi connectivity index (χ4v) is 5.38. The summed E-state index contributed by atoms with van der Waals surface area (Å²) >= 11 is 1.77. The molecule has 8 heteroatoms. The summed E-state index contributed by atoms with van der Waals surface area (Å²) in [6.45, 7) is 6.37. The van der Waals surface area contributed by atoms with Crippen LogP contribution in [0.4, 0.5) is 10.8 Å². The molecule has 0 amide bonds. The predicted molar refractivity (Wildman–Crippen MR) is 148 cm³/mol. The molecule has 1 aromatic carbocycles. The Morgan fingerprint density at radius 1 is 1.03 bits per heavy atom. The number of nitrogens with zero attached hydrogens (tertiary/aromatic N) is 5. The first-order valence-corrected chi connectivity index (χ1v) is 12.6. The molecule has 1 N–H and O–H groups in total.